The van der Waals surface area contributed by atoms with Crippen molar-refractivity contribution in [3.63, 3.8) is 0 Å². The summed E-state index contributed by atoms with van der Waals surface area (Å²) in [6.07, 6.45) is 1.19. The molecule has 0 N–H and O–H groups in total. The molecule has 0 aliphatic heterocycles. The van der Waals surface area contributed by atoms with Crippen LogP contribution in [0.3, 0.4) is 0 Å². The molecular weight excluding hydrogens is 234 g/mol. The van der Waals surface area contributed by atoms with Crippen LogP contribution in [0.4, 0.5) is 0 Å². The Labute approximate surface area is 91.4 Å². The molecule has 0 saturated heterocycles. The molecule has 2 aromatic heterocycles. The van der Waals surface area contributed by atoms with E-state index >= 15 is 0 Å². The maximum atomic E-state index is 11.2. The van der Waals surface area contributed by atoms with Crippen LogP contribution < -0.4 is 0 Å². The van der Waals surface area contributed by atoms with Gasteiger partial charge in [-0.1, -0.05) is 5.16 Å². The van der Waals surface area contributed by atoms with Crippen molar-refractivity contribution in [1.82, 2.24) is 5.16 Å². The van der Waals surface area contributed by atoms with Gasteiger partial charge in [0.05, 0.1) is 4.88 Å². The van der Waals surface area contributed by atoms with E-state index in [0.29, 0.717) is 15.7 Å². The first kappa shape index (κ1) is 10.4. The summed E-state index contributed by atoms with van der Waals surface area (Å²) in [5, 5.41) is 3.82. The fourth-order valence-corrected chi connectivity index (χ4v) is 3.02. The zero-order chi connectivity index (χ0) is 11.1. The van der Waals surface area contributed by atoms with Gasteiger partial charge in [-0.15, -0.1) is 11.3 Å². The van der Waals surface area contributed by atoms with Gasteiger partial charge in [-0.25, -0.2) is 8.42 Å². The number of hydrogen-bond donors (Lipinski definition) is 0. The monoisotopic (exact) mass is 243 g/mol. The first-order valence-corrected chi connectivity index (χ1v) is 6.91. The summed E-state index contributed by atoms with van der Waals surface area (Å²) in [5.74, 6) is 0.708. The summed E-state index contributed by atoms with van der Waals surface area (Å²) in [4.78, 5) is 0.798. The molecule has 0 radical (unpaired) electrons. The molecule has 6 heteroatoms. The minimum atomic E-state index is -3.12. The summed E-state index contributed by atoms with van der Waals surface area (Å²) in [5.41, 5.74) is 0.674. The molecule has 0 spiro atoms. The van der Waals surface area contributed by atoms with Gasteiger partial charge < -0.3 is 4.52 Å². The van der Waals surface area contributed by atoms with Gasteiger partial charge in [0.15, 0.2) is 9.84 Å². The van der Waals surface area contributed by atoms with Crippen LogP contribution >= 0.6 is 11.3 Å². The van der Waals surface area contributed by atoms with Gasteiger partial charge in [0.2, 0.25) is 0 Å². The smallest absolute Gasteiger partial charge is 0.184 e. The number of nitrogens with zero attached hydrogens (tertiary/aromatic N) is 1. The second kappa shape index (κ2) is 3.46. The summed E-state index contributed by atoms with van der Waals surface area (Å²) in [7, 11) is -3.12. The lowest BCUT2D eigenvalue weighted by molar-refractivity contribution is 0.400. The van der Waals surface area contributed by atoms with Gasteiger partial charge in [0.1, 0.15) is 15.7 Å². The zero-order valence-electron chi connectivity index (χ0n) is 8.22. The molecule has 15 heavy (non-hydrogen) atoms. The molecule has 0 amide bonds. The lowest BCUT2D eigenvalue weighted by Crippen LogP contribution is -1.91. The Hall–Kier alpha value is -1.14. The Bertz CT molecular complexity index is 580. The molecule has 0 unspecified atom stereocenters. The van der Waals surface area contributed by atoms with E-state index in [0.717, 1.165) is 4.88 Å². The number of thiophene rings is 1. The van der Waals surface area contributed by atoms with Gasteiger partial charge in [0.25, 0.3) is 0 Å². The van der Waals surface area contributed by atoms with Crippen LogP contribution in [0.15, 0.2) is 26.9 Å². The summed E-state index contributed by atoms with van der Waals surface area (Å²) in [6, 6.07) is 5.09. The van der Waals surface area contributed by atoms with E-state index in [1.54, 1.807) is 25.1 Å². The largest absolute Gasteiger partial charge is 0.361 e. The van der Waals surface area contributed by atoms with E-state index in [9.17, 15) is 8.42 Å². The lowest BCUT2D eigenvalue weighted by Gasteiger charge is -1.88. The molecule has 0 saturated carbocycles. The van der Waals surface area contributed by atoms with Gasteiger partial charge >= 0.3 is 0 Å². The standard InChI is InChI=1S/C9H9NO3S2/c1-6-5-7(10-13-6)8-3-4-9(14-8)15(2,11)12/h3-5H,1-2H3. The van der Waals surface area contributed by atoms with E-state index in [1.807, 2.05) is 0 Å². The molecule has 0 bridgehead atoms. The van der Waals surface area contributed by atoms with Crippen LogP contribution in [0, 0.1) is 6.92 Å². The molecule has 4 nitrogen and oxygen atoms in total. The second-order valence-corrected chi connectivity index (χ2v) is 6.54. The molecule has 2 heterocycles. The van der Waals surface area contributed by atoms with Crippen molar-refractivity contribution in [2.45, 2.75) is 11.1 Å². The average molecular weight is 243 g/mol. The second-order valence-electron chi connectivity index (χ2n) is 3.21. The van der Waals surface area contributed by atoms with Crippen molar-refractivity contribution in [3.05, 3.63) is 24.0 Å². The highest BCUT2D eigenvalue weighted by Crippen LogP contribution is 2.30. The van der Waals surface area contributed by atoms with Crippen LogP contribution in [0.2, 0.25) is 0 Å². The van der Waals surface area contributed by atoms with Gasteiger partial charge in [-0.05, 0) is 19.1 Å². The highest BCUT2D eigenvalue weighted by Gasteiger charge is 2.13. The van der Waals surface area contributed by atoms with Crippen molar-refractivity contribution in [2.24, 2.45) is 0 Å². The van der Waals surface area contributed by atoms with Gasteiger partial charge in [-0.3, -0.25) is 0 Å². The highest BCUT2D eigenvalue weighted by atomic mass is 32.2. The zero-order valence-corrected chi connectivity index (χ0v) is 9.85. The Kier molecular flexibility index (Phi) is 2.40. The normalized spacial score (nSPS) is 11.9. The number of aryl methyl sites for hydroxylation is 1. The van der Waals surface area contributed by atoms with E-state index in [-0.39, 0.29) is 0 Å². The SMILES string of the molecule is Cc1cc(-c2ccc(S(C)(=O)=O)s2)no1. The molecule has 0 aliphatic carbocycles. The van der Waals surface area contributed by atoms with Crippen molar-refractivity contribution < 1.29 is 12.9 Å². The highest BCUT2D eigenvalue weighted by molar-refractivity contribution is 7.92. The Balaban J connectivity index is 2.44. The Morgan fingerprint density at radius 1 is 1.40 bits per heavy atom. The van der Waals surface area contributed by atoms with Crippen molar-refractivity contribution in [1.29, 1.82) is 0 Å². The lowest BCUT2D eigenvalue weighted by atomic mass is 10.3. The average Bonchev–Trinajstić information content (AvgIpc) is 2.69. The van der Waals surface area contributed by atoms with Crippen LogP contribution in [0.5, 0.6) is 0 Å². The third-order valence-corrected chi connectivity index (χ3v) is 4.75. The van der Waals surface area contributed by atoms with Crippen LogP contribution in [-0.4, -0.2) is 19.8 Å². The molecule has 2 rings (SSSR count). The molecular formula is C9H9NO3S2. The van der Waals surface area contributed by atoms with Crippen LogP contribution in [0.25, 0.3) is 10.6 Å². The number of aromatic nitrogens is 1. The first-order valence-electron chi connectivity index (χ1n) is 4.20. The number of rotatable bonds is 2. The van der Waals surface area contributed by atoms with Gasteiger partial charge in [-0.2, -0.15) is 0 Å². The Morgan fingerprint density at radius 3 is 2.60 bits per heavy atom. The minimum absolute atomic E-state index is 0.346. The molecule has 0 atom stereocenters. The van der Waals surface area contributed by atoms with Crippen LogP contribution in [0.1, 0.15) is 5.76 Å². The first-order chi connectivity index (χ1) is 6.97. The molecule has 80 valence electrons. The topological polar surface area (TPSA) is 60.2 Å². The van der Waals surface area contributed by atoms with E-state index in [1.165, 1.54) is 17.6 Å². The number of hydrogen-bond acceptors (Lipinski definition) is 5. The van der Waals surface area contributed by atoms with Crippen molar-refractivity contribution >= 4 is 21.2 Å². The van der Waals surface area contributed by atoms with Crippen LogP contribution in [-0.2, 0) is 9.84 Å². The molecule has 0 fully saturated rings. The van der Waals surface area contributed by atoms with E-state index < -0.39 is 9.84 Å². The van der Waals surface area contributed by atoms with Crippen molar-refractivity contribution in [3.8, 4) is 10.6 Å². The van der Waals surface area contributed by atoms with E-state index in [4.69, 9.17) is 4.52 Å². The molecule has 0 aliphatic rings. The molecule has 2 aromatic rings. The fourth-order valence-electron chi connectivity index (χ4n) is 1.14. The summed E-state index contributed by atoms with van der Waals surface area (Å²) in [6.45, 7) is 1.79. The Morgan fingerprint density at radius 2 is 2.13 bits per heavy atom. The van der Waals surface area contributed by atoms with Crippen molar-refractivity contribution in [2.75, 3.05) is 6.26 Å². The summed E-state index contributed by atoms with van der Waals surface area (Å²) >= 11 is 1.20. The predicted molar refractivity (Wildman–Crippen MR) is 57.7 cm³/mol. The third kappa shape index (κ3) is 2.10. The predicted octanol–water partition coefficient (Wildman–Crippen LogP) is 2.12. The maximum absolute atomic E-state index is 11.2. The van der Waals surface area contributed by atoms with Gasteiger partial charge in [0, 0.05) is 12.3 Å². The minimum Gasteiger partial charge on any atom is -0.361 e. The fraction of sp³-hybridized carbons (Fsp3) is 0.222. The number of sulfone groups is 1. The molecule has 0 aromatic carbocycles. The third-order valence-electron chi connectivity index (χ3n) is 1.83. The quantitative estimate of drug-likeness (QED) is 0.810. The maximum Gasteiger partial charge on any atom is 0.184 e. The van der Waals surface area contributed by atoms with E-state index in [2.05, 4.69) is 5.16 Å². The summed E-state index contributed by atoms with van der Waals surface area (Å²) < 4.78 is 27.8.